The molecule has 1 heterocycles. The van der Waals surface area contributed by atoms with Crippen molar-refractivity contribution >= 4 is 38.9 Å². The first-order chi connectivity index (χ1) is 9.32. The summed E-state index contributed by atoms with van der Waals surface area (Å²) in [6.45, 7) is 0.948. The van der Waals surface area contributed by atoms with E-state index in [1.54, 1.807) is 0 Å². The van der Waals surface area contributed by atoms with Gasteiger partial charge in [0.2, 0.25) is 10.0 Å². The Morgan fingerprint density at radius 1 is 1.45 bits per heavy atom. The number of benzene rings is 1. The normalized spacial score (nSPS) is 19.7. The van der Waals surface area contributed by atoms with Crippen molar-refractivity contribution < 1.29 is 13.2 Å². The van der Waals surface area contributed by atoms with Crippen LogP contribution in [-0.2, 0) is 14.8 Å². The minimum Gasteiger partial charge on any atom is -0.398 e. The van der Waals surface area contributed by atoms with E-state index in [1.807, 2.05) is 0 Å². The number of anilines is 1. The molecule has 0 aromatic heterocycles. The molecular formula is C12H16Cl2N2O3S. The van der Waals surface area contributed by atoms with Gasteiger partial charge in [0, 0.05) is 25.2 Å². The maximum atomic E-state index is 12.5. The number of hydrogen-bond acceptors (Lipinski definition) is 4. The Morgan fingerprint density at radius 2 is 2.15 bits per heavy atom. The Balaban J connectivity index is 2.29. The summed E-state index contributed by atoms with van der Waals surface area (Å²) in [4.78, 5) is -0.107. The second-order valence-electron chi connectivity index (χ2n) is 4.73. The highest BCUT2D eigenvalue weighted by atomic mass is 35.5. The van der Waals surface area contributed by atoms with Gasteiger partial charge in [0.05, 0.1) is 16.8 Å². The quantitative estimate of drug-likeness (QED) is 0.855. The summed E-state index contributed by atoms with van der Waals surface area (Å²) in [5, 5.41) is 0.322. The zero-order valence-corrected chi connectivity index (χ0v) is 13.3. The molecule has 0 aliphatic carbocycles. The minimum atomic E-state index is -3.77. The average Bonchev–Trinajstić information content (AvgIpc) is 2.79. The lowest BCUT2D eigenvalue weighted by Crippen LogP contribution is -2.34. The molecule has 0 bridgehead atoms. The molecule has 8 heteroatoms. The van der Waals surface area contributed by atoms with E-state index < -0.39 is 10.0 Å². The standard InChI is InChI=1S/C12H16Cl2N2O3S/c1-16(7-9-3-2-4-19-9)20(17,18)12-10(14)5-8(13)6-11(12)15/h5-6,9H,2-4,7,15H2,1H3. The third kappa shape index (κ3) is 3.20. The highest BCUT2D eigenvalue weighted by molar-refractivity contribution is 7.89. The van der Waals surface area contributed by atoms with Crippen LogP contribution >= 0.6 is 23.2 Å². The summed E-state index contributed by atoms with van der Waals surface area (Å²) in [5.41, 5.74) is 5.79. The Hall–Kier alpha value is -0.530. The van der Waals surface area contributed by atoms with Crippen LogP contribution in [0.1, 0.15) is 12.8 Å². The van der Waals surface area contributed by atoms with Crippen LogP contribution in [0.2, 0.25) is 10.0 Å². The van der Waals surface area contributed by atoms with Gasteiger partial charge in [-0.05, 0) is 25.0 Å². The molecule has 5 nitrogen and oxygen atoms in total. The molecule has 1 unspecified atom stereocenters. The summed E-state index contributed by atoms with van der Waals surface area (Å²) < 4.78 is 31.7. The lowest BCUT2D eigenvalue weighted by atomic mass is 10.2. The molecular weight excluding hydrogens is 323 g/mol. The Bertz CT molecular complexity index is 578. The molecule has 1 fully saturated rings. The van der Waals surface area contributed by atoms with Gasteiger partial charge < -0.3 is 10.5 Å². The van der Waals surface area contributed by atoms with Crippen LogP contribution < -0.4 is 5.73 Å². The van der Waals surface area contributed by atoms with E-state index in [2.05, 4.69) is 0 Å². The molecule has 0 spiro atoms. The van der Waals surface area contributed by atoms with Gasteiger partial charge in [-0.1, -0.05) is 23.2 Å². The molecule has 1 aliphatic rings. The number of rotatable bonds is 4. The number of nitrogens with zero attached hydrogens (tertiary/aromatic N) is 1. The van der Waals surface area contributed by atoms with E-state index in [0.717, 1.165) is 12.8 Å². The van der Waals surface area contributed by atoms with Crippen molar-refractivity contribution in [2.24, 2.45) is 0 Å². The first-order valence-electron chi connectivity index (χ1n) is 6.15. The Kier molecular flexibility index (Phi) is 4.81. The molecule has 0 radical (unpaired) electrons. The van der Waals surface area contributed by atoms with Crippen LogP contribution in [0.15, 0.2) is 17.0 Å². The van der Waals surface area contributed by atoms with E-state index in [9.17, 15) is 8.42 Å². The van der Waals surface area contributed by atoms with Crippen molar-refractivity contribution in [2.45, 2.75) is 23.8 Å². The lowest BCUT2D eigenvalue weighted by molar-refractivity contribution is 0.0979. The van der Waals surface area contributed by atoms with Crippen molar-refractivity contribution in [3.63, 3.8) is 0 Å². The molecule has 1 aliphatic heterocycles. The monoisotopic (exact) mass is 338 g/mol. The molecule has 0 saturated carbocycles. The molecule has 1 saturated heterocycles. The number of nitrogens with two attached hydrogens (primary N) is 1. The van der Waals surface area contributed by atoms with Gasteiger partial charge >= 0.3 is 0 Å². The van der Waals surface area contributed by atoms with Crippen LogP contribution in [0, 0.1) is 0 Å². The predicted molar refractivity (Wildman–Crippen MR) is 79.7 cm³/mol. The smallest absolute Gasteiger partial charge is 0.246 e. The fourth-order valence-electron chi connectivity index (χ4n) is 2.18. The third-order valence-corrected chi connectivity index (χ3v) is 5.76. The van der Waals surface area contributed by atoms with Crippen LogP contribution in [0.25, 0.3) is 0 Å². The highest BCUT2D eigenvalue weighted by Gasteiger charge is 2.29. The number of sulfonamides is 1. The predicted octanol–water partition coefficient (Wildman–Crippen LogP) is 2.38. The van der Waals surface area contributed by atoms with Gasteiger partial charge in [0.25, 0.3) is 0 Å². The SMILES string of the molecule is CN(CC1CCCO1)S(=O)(=O)c1c(N)cc(Cl)cc1Cl. The first kappa shape index (κ1) is 15.9. The molecule has 112 valence electrons. The number of ether oxygens (including phenoxy) is 1. The van der Waals surface area contributed by atoms with Gasteiger partial charge in [-0.25, -0.2) is 8.42 Å². The molecule has 2 N–H and O–H groups in total. The van der Waals surface area contributed by atoms with E-state index >= 15 is 0 Å². The van der Waals surface area contributed by atoms with Crippen molar-refractivity contribution in [1.82, 2.24) is 4.31 Å². The van der Waals surface area contributed by atoms with Crippen LogP contribution in [0.5, 0.6) is 0 Å². The summed E-state index contributed by atoms with van der Waals surface area (Å²) in [6.07, 6.45) is 1.72. The van der Waals surface area contributed by atoms with Gasteiger partial charge in [-0.3, -0.25) is 0 Å². The largest absolute Gasteiger partial charge is 0.398 e. The Morgan fingerprint density at radius 3 is 2.70 bits per heavy atom. The van der Waals surface area contributed by atoms with Gasteiger partial charge in [-0.15, -0.1) is 0 Å². The Labute approximate surface area is 128 Å². The highest BCUT2D eigenvalue weighted by Crippen LogP contribution is 2.33. The maximum Gasteiger partial charge on any atom is 0.246 e. The third-order valence-electron chi connectivity index (χ3n) is 3.19. The summed E-state index contributed by atoms with van der Waals surface area (Å²) in [5.74, 6) is 0. The first-order valence-corrected chi connectivity index (χ1v) is 8.34. The van der Waals surface area contributed by atoms with Crippen LogP contribution in [-0.4, -0.2) is 39.0 Å². The summed E-state index contributed by atoms with van der Waals surface area (Å²) in [6, 6.07) is 2.74. The fourth-order valence-corrected chi connectivity index (χ4v) is 4.32. The molecule has 1 atom stereocenters. The number of likely N-dealkylation sites (N-methyl/N-ethyl adjacent to an activating group) is 1. The van der Waals surface area contributed by atoms with Crippen LogP contribution in [0.4, 0.5) is 5.69 Å². The zero-order chi connectivity index (χ0) is 14.9. The number of hydrogen-bond donors (Lipinski definition) is 1. The number of nitrogen functional groups attached to an aromatic ring is 1. The minimum absolute atomic E-state index is 0.0224. The van der Waals surface area contributed by atoms with E-state index in [0.29, 0.717) is 11.6 Å². The van der Waals surface area contributed by atoms with Gasteiger partial charge in [0.15, 0.2) is 0 Å². The van der Waals surface area contributed by atoms with Crippen molar-refractivity contribution in [3.05, 3.63) is 22.2 Å². The van der Waals surface area contributed by atoms with Crippen molar-refractivity contribution in [1.29, 1.82) is 0 Å². The van der Waals surface area contributed by atoms with Crippen molar-refractivity contribution in [2.75, 3.05) is 25.9 Å². The molecule has 20 heavy (non-hydrogen) atoms. The maximum absolute atomic E-state index is 12.5. The second-order valence-corrected chi connectivity index (χ2v) is 7.55. The van der Waals surface area contributed by atoms with Crippen molar-refractivity contribution in [3.8, 4) is 0 Å². The summed E-state index contributed by atoms with van der Waals surface area (Å²) >= 11 is 11.8. The van der Waals surface area contributed by atoms with E-state index in [1.165, 1.54) is 23.5 Å². The topological polar surface area (TPSA) is 72.6 Å². The fraction of sp³-hybridized carbons (Fsp3) is 0.500. The zero-order valence-electron chi connectivity index (χ0n) is 11.0. The van der Waals surface area contributed by atoms with E-state index in [-0.39, 0.29) is 28.3 Å². The molecule has 2 rings (SSSR count). The molecule has 1 aromatic rings. The van der Waals surface area contributed by atoms with Crippen LogP contribution in [0.3, 0.4) is 0 Å². The van der Waals surface area contributed by atoms with Gasteiger partial charge in [0.1, 0.15) is 4.90 Å². The molecule has 0 amide bonds. The lowest BCUT2D eigenvalue weighted by Gasteiger charge is -2.22. The number of halogens is 2. The molecule has 1 aromatic carbocycles. The average molecular weight is 339 g/mol. The summed E-state index contributed by atoms with van der Waals surface area (Å²) in [7, 11) is -2.28. The second kappa shape index (κ2) is 6.07. The van der Waals surface area contributed by atoms with E-state index in [4.69, 9.17) is 33.7 Å². The van der Waals surface area contributed by atoms with Gasteiger partial charge in [-0.2, -0.15) is 4.31 Å².